The Labute approximate surface area is 199 Å². The molecule has 1 N–H and O–H groups in total. The van der Waals surface area contributed by atoms with Crippen molar-refractivity contribution in [2.24, 2.45) is 0 Å². The Morgan fingerprint density at radius 3 is 2.69 bits per heavy atom. The van der Waals surface area contributed by atoms with Gasteiger partial charge in [-0.15, -0.1) is 10.2 Å². The number of fused-ring (bicyclic) bond motifs is 2. The minimum atomic E-state index is -0.278. The highest BCUT2D eigenvalue weighted by molar-refractivity contribution is 5.93. The number of nitrogens with one attached hydrogen (secondary N) is 1. The first-order valence-corrected chi connectivity index (χ1v) is 10.8. The topological polar surface area (TPSA) is 90.1 Å². The Hall–Kier alpha value is -4.92. The quantitative estimate of drug-likeness (QED) is 0.350. The first kappa shape index (κ1) is 20.7. The number of anilines is 2. The van der Waals surface area contributed by atoms with Crippen molar-refractivity contribution in [3.05, 3.63) is 97.1 Å². The van der Waals surface area contributed by atoms with Crippen LogP contribution in [0.1, 0.15) is 5.56 Å². The first-order valence-electron chi connectivity index (χ1n) is 10.8. The number of aromatic nitrogens is 6. The maximum absolute atomic E-state index is 13.7. The Morgan fingerprint density at radius 2 is 1.80 bits per heavy atom. The summed E-state index contributed by atoms with van der Waals surface area (Å²) in [5.41, 5.74) is 4.86. The number of benzene rings is 3. The van der Waals surface area contributed by atoms with E-state index in [1.54, 1.807) is 29.2 Å². The van der Waals surface area contributed by atoms with Crippen LogP contribution in [0.15, 0.2) is 85.7 Å². The molecule has 170 valence electrons. The smallest absolute Gasteiger partial charge is 0.224 e. The molecule has 9 heteroatoms. The van der Waals surface area contributed by atoms with Gasteiger partial charge in [0.05, 0.1) is 5.52 Å². The molecule has 0 aliphatic heterocycles. The third-order valence-corrected chi connectivity index (χ3v) is 5.61. The lowest BCUT2D eigenvalue weighted by molar-refractivity contribution is 0.458. The van der Waals surface area contributed by atoms with Crippen LogP contribution in [-0.4, -0.2) is 29.5 Å². The molecule has 35 heavy (non-hydrogen) atoms. The van der Waals surface area contributed by atoms with E-state index in [1.165, 1.54) is 18.5 Å². The summed E-state index contributed by atoms with van der Waals surface area (Å²) < 4.78 is 21.4. The molecule has 0 unspecified atom stereocenters. The molecule has 6 aromatic rings. The minimum Gasteiger partial charge on any atom is -0.439 e. The van der Waals surface area contributed by atoms with E-state index >= 15 is 0 Å². The van der Waals surface area contributed by atoms with Gasteiger partial charge in [0.25, 0.3) is 0 Å². The van der Waals surface area contributed by atoms with Gasteiger partial charge in [-0.1, -0.05) is 18.2 Å². The lowest BCUT2D eigenvalue weighted by atomic mass is 10.0. The van der Waals surface area contributed by atoms with E-state index in [1.807, 2.05) is 49.4 Å². The highest BCUT2D eigenvalue weighted by Crippen LogP contribution is 2.31. The van der Waals surface area contributed by atoms with Crippen molar-refractivity contribution in [2.45, 2.75) is 6.92 Å². The van der Waals surface area contributed by atoms with Gasteiger partial charge in [0.1, 0.15) is 36.4 Å². The summed E-state index contributed by atoms with van der Waals surface area (Å²) in [4.78, 5) is 13.1. The molecule has 3 aromatic carbocycles. The van der Waals surface area contributed by atoms with Crippen LogP contribution in [-0.2, 0) is 0 Å². The van der Waals surface area contributed by atoms with Crippen LogP contribution in [0.5, 0.6) is 11.6 Å². The van der Waals surface area contributed by atoms with E-state index in [0.717, 1.165) is 33.3 Å². The largest absolute Gasteiger partial charge is 0.439 e. The van der Waals surface area contributed by atoms with Crippen molar-refractivity contribution in [2.75, 3.05) is 5.32 Å². The fraction of sp³-hybridized carbons (Fsp3) is 0.0385. The zero-order chi connectivity index (χ0) is 23.8. The molecule has 3 aromatic heterocycles. The summed E-state index contributed by atoms with van der Waals surface area (Å²) in [7, 11) is 0. The molecule has 6 rings (SSSR count). The number of halogens is 1. The maximum Gasteiger partial charge on any atom is 0.224 e. The van der Waals surface area contributed by atoms with E-state index in [-0.39, 0.29) is 5.82 Å². The van der Waals surface area contributed by atoms with Gasteiger partial charge in [0.15, 0.2) is 5.65 Å². The zero-order valence-corrected chi connectivity index (χ0v) is 18.6. The molecular formula is C26H18FN7O. The van der Waals surface area contributed by atoms with E-state index in [0.29, 0.717) is 23.1 Å². The normalized spacial score (nSPS) is 11.1. The van der Waals surface area contributed by atoms with Crippen molar-refractivity contribution < 1.29 is 9.13 Å². The highest BCUT2D eigenvalue weighted by atomic mass is 19.1. The van der Waals surface area contributed by atoms with Gasteiger partial charge >= 0.3 is 0 Å². The first-order chi connectivity index (χ1) is 17.1. The van der Waals surface area contributed by atoms with E-state index < -0.39 is 0 Å². The standard InChI is InChI=1S/C26H18FN7O/c1-16-9-20(6-8-23(16)35-25-12-24-33-31-15-34(24)14-30-25)32-26-21-11-18(5-7-22(21)28-13-29-26)17-3-2-4-19(27)10-17/h2-15H,1H3,(H,28,29,32). The molecule has 0 aliphatic rings. The number of ether oxygens (including phenoxy) is 1. The van der Waals surface area contributed by atoms with Crippen molar-refractivity contribution in [1.82, 2.24) is 29.5 Å². The van der Waals surface area contributed by atoms with Gasteiger partial charge in [0, 0.05) is 17.1 Å². The molecule has 0 spiro atoms. The monoisotopic (exact) mass is 463 g/mol. The summed E-state index contributed by atoms with van der Waals surface area (Å²) >= 11 is 0. The number of aryl methyl sites for hydroxylation is 1. The van der Waals surface area contributed by atoms with Crippen LogP contribution in [0.2, 0.25) is 0 Å². The second-order valence-electron chi connectivity index (χ2n) is 8.00. The molecule has 3 heterocycles. The van der Waals surface area contributed by atoms with Gasteiger partial charge in [-0.2, -0.15) is 0 Å². The summed E-state index contributed by atoms with van der Waals surface area (Å²) in [5, 5.41) is 12.1. The second-order valence-corrected chi connectivity index (χ2v) is 8.00. The Bertz CT molecular complexity index is 1700. The molecule has 0 bridgehead atoms. The lowest BCUT2D eigenvalue weighted by Gasteiger charge is -2.13. The number of hydrogen-bond acceptors (Lipinski definition) is 7. The van der Waals surface area contributed by atoms with Gasteiger partial charge in [-0.3, -0.25) is 4.40 Å². The van der Waals surface area contributed by atoms with Crippen molar-refractivity contribution >= 4 is 28.1 Å². The zero-order valence-electron chi connectivity index (χ0n) is 18.6. The molecular weight excluding hydrogens is 445 g/mol. The molecule has 0 saturated carbocycles. The maximum atomic E-state index is 13.7. The fourth-order valence-corrected chi connectivity index (χ4v) is 3.86. The molecule has 8 nitrogen and oxygen atoms in total. The third kappa shape index (κ3) is 4.10. The van der Waals surface area contributed by atoms with Crippen molar-refractivity contribution in [3.63, 3.8) is 0 Å². The van der Waals surface area contributed by atoms with Crippen molar-refractivity contribution in [1.29, 1.82) is 0 Å². The van der Waals surface area contributed by atoms with Gasteiger partial charge in [-0.05, 0) is 66.1 Å². The molecule has 0 amide bonds. The number of nitrogens with zero attached hydrogens (tertiary/aromatic N) is 6. The SMILES string of the molecule is Cc1cc(Nc2ncnc3ccc(-c4cccc(F)c4)cc23)ccc1Oc1cc2nncn2cn1. The van der Waals surface area contributed by atoms with Gasteiger partial charge in [-0.25, -0.2) is 19.3 Å². The molecule has 0 fully saturated rings. The van der Waals surface area contributed by atoms with Crippen LogP contribution in [0.25, 0.3) is 27.7 Å². The highest BCUT2D eigenvalue weighted by Gasteiger charge is 2.10. The molecule has 0 atom stereocenters. The van der Waals surface area contributed by atoms with Crippen molar-refractivity contribution in [3.8, 4) is 22.8 Å². The summed E-state index contributed by atoms with van der Waals surface area (Å²) in [6.07, 6.45) is 4.70. The predicted molar refractivity (Wildman–Crippen MR) is 130 cm³/mol. The van der Waals surface area contributed by atoms with E-state index in [9.17, 15) is 4.39 Å². The second kappa shape index (κ2) is 8.45. The lowest BCUT2D eigenvalue weighted by Crippen LogP contribution is -1.98. The van der Waals surface area contributed by atoms with E-state index in [2.05, 4.69) is 30.5 Å². The van der Waals surface area contributed by atoms with Crippen LogP contribution >= 0.6 is 0 Å². The van der Waals surface area contributed by atoms with E-state index in [4.69, 9.17) is 4.74 Å². The molecule has 0 radical (unpaired) electrons. The Morgan fingerprint density at radius 1 is 0.886 bits per heavy atom. The summed E-state index contributed by atoms with van der Waals surface area (Å²) in [6, 6.07) is 19.8. The molecule has 0 saturated heterocycles. The minimum absolute atomic E-state index is 0.278. The van der Waals surface area contributed by atoms with Crippen LogP contribution in [0, 0.1) is 12.7 Å². The van der Waals surface area contributed by atoms with Gasteiger partial charge in [0.2, 0.25) is 5.88 Å². The van der Waals surface area contributed by atoms with Gasteiger partial charge < -0.3 is 10.1 Å². The summed E-state index contributed by atoms with van der Waals surface area (Å²) in [6.45, 7) is 1.95. The average Bonchev–Trinajstić information content (AvgIpc) is 3.34. The average molecular weight is 463 g/mol. The van der Waals surface area contributed by atoms with Crippen LogP contribution in [0.4, 0.5) is 15.9 Å². The summed E-state index contributed by atoms with van der Waals surface area (Å²) in [5.74, 6) is 1.48. The fourth-order valence-electron chi connectivity index (χ4n) is 3.86. The Balaban J connectivity index is 1.29. The van der Waals surface area contributed by atoms with Crippen LogP contribution < -0.4 is 10.1 Å². The van der Waals surface area contributed by atoms with Crippen LogP contribution in [0.3, 0.4) is 0 Å². The Kier molecular flexibility index (Phi) is 4.99. The number of hydrogen-bond donors (Lipinski definition) is 1. The number of rotatable bonds is 5. The predicted octanol–water partition coefficient (Wildman–Crippen LogP) is 5.72. The molecule has 0 aliphatic carbocycles. The third-order valence-electron chi connectivity index (χ3n) is 5.61.